The quantitative estimate of drug-likeness (QED) is 0.207. The maximum atomic E-state index is 13.2. The number of hydrogen-bond acceptors (Lipinski definition) is 7. The molecule has 3 N–H and O–H groups in total. The van der Waals surface area contributed by atoms with Crippen molar-refractivity contribution in [2.24, 2.45) is 5.92 Å². The van der Waals surface area contributed by atoms with E-state index in [-0.39, 0.29) is 31.4 Å². The summed E-state index contributed by atoms with van der Waals surface area (Å²) in [6.45, 7) is 9.15. The van der Waals surface area contributed by atoms with Gasteiger partial charge in [-0.05, 0) is 61.8 Å². The van der Waals surface area contributed by atoms with E-state index < -0.39 is 41.7 Å². The van der Waals surface area contributed by atoms with Gasteiger partial charge in [0.1, 0.15) is 24.3 Å². The second-order valence-electron chi connectivity index (χ2n) is 11.3. The molecule has 1 aliphatic rings. The van der Waals surface area contributed by atoms with E-state index in [1.54, 1.807) is 34.6 Å². The van der Waals surface area contributed by atoms with Crippen LogP contribution in [0.4, 0.5) is 9.59 Å². The molecule has 0 fully saturated rings. The van der Waals surface area contributed by atoms with Crippen LogP contribution in [0.2, 0.25) is 0 Å². The molecule has 2 aromatic carbocycles. The molecular weight excluding hydrogens is 526 g/mol. The Balaban J connectivity index is 1.65. The third-order valence-electron chi connectivity index (χ3n) is 6.71. The van der Waals surface area contributed by atoms with Crippen molar-refractivity contribution in [1.29, 1.82) is 0 Å². The highest BCUT2D eigenvalue weighted by Gasteiger charge is 2.31. The standard InChI is InChI=1S/C31H41N3O7/c1-19(2)26(28(36)39-6)34-27(35)25(16-11-17-32-29(37)41-31(3,4)5)33-30(38)40-18-24-22-14-9-7-12-20(22)21-13-8-10-15-23(21)24/h7-10,12-15,19,24-26H,11,16-18H2,1-6H3,(H,32,37)(H,33,38)(H,34,35)/t25-,26-/m0/s1. The molecule has 10 nitrogen and oxygen atoms in total. The predicted molar refractivity (Wildman–Crippen MR) is 154 cm³/mol. The predicted octanol–water partition coefficient (Wildman–Crippen LogP) is 4.51. The van der Waals surface area contributed by atoms with Gasteiger partial charge in [0, 0.05) is 12.5 Å². The number of hydrogen-bond donors (Lipinski definition) is 3. The van der Waals surface area contributed by atoms with Crippen LogP contribution < -0.4 is 16.0 Å². The molecule has 0 radical (unpaired) electrons. The van der Waals surface area contributed by atoms with Gasteiger partial charge < -0.3 is 30.2 Å². The van der Waals surface area contributed by atoms with Crippen LogP contribution in [0.1, 0.15) is 64.5 Å². The van der Waals surface area contributed by atoms with Crippen LogP contribution in [0.15, 0.2) is 48.5 Å². The normalized spacial score (nSPS) is 13.8. The van der Waals surface area contributed by atoms with E-state index >= 15 is 0 Å². The van der Waals surface area contributed by atoms with Gasteiger partial charge in [-0.2, -0.15) is 0 Å². The zero-order chi connectivity index (χ0) is 30.2. The van der Waals surface area contributed by atoms with Crippen LogP contribution >= 0.6 is 0 Å². The summed E-state index contributed by atoms with van der Waals surface area (Å²) in [7, 11) is 1.25. The number of esters is 1. The molecule has 0 unspecified atom stereocenters. The van der Waals surface area contributed by atoms with Gasteiger partial charge in [0.05, 0.1) is 7.11 Å². The van der Waals surface area contributed by atoms with Crippen molar-refractivity contribution in [1.82, 2.24) is 16.0 Å². The Morgan fingerprint density at radius 2 is 1.46 bits per heavy atom. The molecule has 1 aliphatic carbocycles. The van der Waals surface area contributed by atoms with Crippen molar-refractivity contribution in [3.63, 3.8) is 0 Å². The summed E-state index contributed by atoms with van der Waals surface area (Å²) in [4.78, 5) is 50.4. The SMILES string of the molecule is COC(=O)[C@@H](NC(=O)[C@H](CCCNC(=O)OC(C)(C)C)NC(=O)OCC1c2ccccc2-c2ccccc21)C(C)C. The number of fused-ring (bicyclic) bond motifs is 3. The second kappa shape index (κ2) is 14.0. The van der Waals surface area contributed by atoms with E-state index in [0.29, 0.717) is 6.42 Å². The first kappa shape index (κ1) is 31.4. The maximum Gasteiger partial charge on any atom is 0.407 e. The van der Waals surface area contributed by atoms with Crippen LogP contribution in [-0.4, -0.2) is 62.0 Å². The first-order valence-electron chi connectivity index (χ1n) is 13.9. The molecule has 0 saturated heterocycles. The second-order valence-corrected chi connectivity index (χ2v) is 11.3. The van der Waals surface area contributed by atoms with Crippen molar-refractivity contribution in [3.05, 3.63) is 59.7 Å². The van der Waals surface area contributed by atoms with Gasteiger partial charge in [-0.1, -0.05) is 62.4 Å². The summed E-state index contributed by atoms with van der Waals surface area (Å²) in [6, 6.07) is 14.1. The van der Waals surface area contributed by atoms with Crippen molar-refractivity contribution in [2.45, 2.75) is 71.1 Å². The fourth-order valence-corrected chi connectivity index (χ4v) is 4.74. The van der Waals surface area contributed by atoms with Gasteiger partial charge >= 0.3 is 18.2 Å². The minimum absolute atomic E-state index is 0.0885. The molecule has 0 spiro atoms. The smallest absolute Gasteiger partial charge is 0.407 e. The molecule has 222 valence electrons. The molecule has 41 heavy (non-hydrogen) atoms. The molecule has 2 atom stereocenters. The average molecular weight is 568 g/mol. The lowest BCUT2D eigenvalue weighted by atomic mass is 9.98. The Morgan fingerprint density at radius 3 is 2.00 bits per heavy atom. The molecular formula is C31H41N3O7. The molecule has 0 bridgehead atoms. The summed E-state index contributed by atoms with van der Waals surface area (Å²) in [6.07, 6.45) is -0.802. The fraction of sp³-hybridized carbons (Fsp3) is 0.484. The fourth-order valence-electron chi connectivity index (χ4n) is 4.74. The molecule has 10 heteroatoms. The van der Waals surface area contributed by atoms with E-state index in [4.69, 9.17) is 14.2 Å². The highest BCUT2D eigenvalue weighted by molar-refractivity contribution is 5.89. The van der Waals surface area contributed by atoms with E-state index in [9.17, 15) is 19.2 Å². The molecule has 0 aliphatic heterocycles. The number of nitrogens with one attached hydrogen (secondary N) is 3. The van der Waals surface area contributed by atoms with Crippen molar-refractivity contribution in [3.8, 4) is 11.1 Å². The van der Waals surface area contributed by atoms with E-state index in [0.717, 1.165) is 22.3 Å². The molecule has 3 rings (SSSR count). The van der Waals surface area contributed by atoms with Crippen LogP contribution in [0.3, 0.4) is 0 Å². The Labute approximate surface area is 241 Å². The molecule has 3 amide bonds. The summed E-state index contributed by atoms with van der Waals surface area (Å²) in [5.41, 5.74) is 3.71. The Hall–Kier alpha value is -4.08. The van der Waals surface area contributed by atoms with Gasteiger partial charge in [-0.3, -0.25) is 4.79 Å². The minimum Gasteiger partial charge on any atom is -0.467 e. The number of rotatable bonds is 11. The lowest BCUT2D eigenvalue weighted by molar-refractivity contribution is -0.146. The van der Waals surface area contributed by atoms with Crippen molar-refractivity contribution >= 4 is 24.1 Å². The van der Waals surface area contributed by atoms with Crippen LogP contribution in [0.5, 0.6) is 0 Å². The third kappa shape index (κ3) is 8.70. The topological polar surface area (TPSA) is 132 Å². The third-order valence-corrected chi connectivity index (χ3v) is 6.71. The van der Waals surface area contributed by atoms with Crippen LogP contribution in [-0.2, 0) is 23.8 Å². The molecule has 0 heterocycles. The largest absolute Gasteiger partial charge is 0.467 e. The Morgan fingerprint density at radius 1 is 0.878 bits per heavy atom. The maximum absolute atomic E-state index is 13.2. The summed E-state index contributed by atoms with van der Waals surface area (Å²) >= 11 is 0. The van der Waals surface area contributed by atoms with E-state index in [1.807, 2.05) is 48.5 Å². The van der Waals surface area contributed by atoms with Gasteiger partial charge in [0.2, 0.25) is 5.91 Å². The Bertz CT molecular complexity index is 1190. The zero-order valence-corrected chi connectivity index (χ0v) is 24.6. The van der Waals surface area contributed by atoms with E-state index in [2.05, 4.69) is 16.0 Å². The van der Waals surface area contributed by atoms with Crippen LogP contribution in [0.25, 0.3) is 11.1 Å². The average Bonchev–Trinajstić information content (AvgIpc) is 3.24. The number of ether oxygens (including phenoxy) is 3. The lowest BCUT2D eigenvalue weighted by Crippen LogP contribution is -2.53. The minimum atomic E-state index is -1.02. The zero-order valence-electron chi connectivity index (χ0n) is 24.6. The first-order chi connectivity index (χ1) is 19.4. The first-order valence-corrected chi connectivity index (χ1v) is 13.9. The number of methoxy groups -OCH3 is 1. The van der Waals surface area contributed by atoms with Crippen LogP contribution in [0, 0.1) is 5.92 Å². The summed E-state index contributed by atoms with van der Waals surface area (Å²) in [5.74, 6) is -1.52. The molecule has 2 aromatic rings. The molecule has 0 saturated carbocycles. The number of carbonyl (C=O) groups excluding carboxylic acids is 4. The summed E-state index contributed by atoms with van der Waals surface area (Å²) < 4.78 is 15.7. The van der Waals surface area contributed by atoms with E-state index in [1.165, 1.54) is 7.11 Å². The highest BCUT2D eigenvalue weighted by Crippen LogP contribution is 2.44. The number of amides is 3. The number of alkyl carbamates (subject to hydrolysis) is 2. The Kier molecular flexibility index (Phi) is 10.7. The number of benzene rings is 2. The van der Waals surface area contributed by atoms with Gasteiger partial charge in [-0.25, -0.2) is 14.4 Å². The van der Waals surface area contributed by atoms with Crippen molar-refractivity contribution in [2.75, 3.05) is 20.3 Å². The lowest BCUT2D eigenvalue weighted by Gasteiger charge is -2.24. The van der Waals surface area contributed by atoms with Gasteiger partial charge in [0.15, 0.2) is 0 Å². The van der Waals surface area contributed by atoms with Gasteiger partial charge in [0.25, 0.3) is 0 Å². The monoisotopic (exact) mass is 567 g/mol. The van der Waals surface area contributed by atoms with Crippen molar-refractivity contribution < 1.29 is 33.4 Å². The summed E-state index contributed by atoms with van der Waals surface area (Å²) in [5, 5.41) is 7.97. The number of carbonyl (C=O) groups is 4. The highest BCUT2D eigenvalue weighted by atomic mass is 16.6. The molecule has 0 aromatic heterocycles. The van der Waals surface area contributed by atoms with Gasteiger partial charge in [-0.15, -0.1) is 0 Å².